The number of carbonyl (C=O) groups excluding carboxylic acids is 1. The number of methoxy groups -OCH3 is 2. The number of nitrogens with one attached hydrogen (secondary N) is 1. The van der Waals surface area contributed by atoms with Crippen LogP contribution in [0.3, 0.4) is 0 Å². The van der Waals surface area contributed by atoms with Crippen LogP contribution in [0.1, 0.15) is 16.1 Å². The van der Waals surface area contributed by atoms with E-state index in [2.05, 4.69) is 10.1 Å². The number of amidine groups is 1. The lowest BCUT2D eigenvalue weighted by molar-refractivity contribution is -0.380. The van der Waals surface area contributed by atoms with Gasteiger partial charge in [-0.15, -0.1) is 0 Å². The normalized spacial score (nSPS) is 10.9. The average Bonchev–Trinajstić information content (AvgIpc) is 2.59. The zero-order valence-electron chi connectivity index (χ0n) is 12.2. The molecular weight excluding hydrogens is 286 g/mol. The molecule has 1 heterocycles. The molecule has 0 saturated heterocycles. The number of rotatable bonds is 5. The maximum absolute atomic E-state index is 12.0. The number of aromatic nitrogens is 1. The van der Waals surface area contributed by atoms with Crippen LogP contribution >= 0.6 is 0 Å². The monoisotopic (exact) mass is 302 g/mol. The fourth-order valence-electron chi connectivity index (χ4n) is 1.67. The summed E-state index contributed by atoms with van der Waals surface area (Å²) in [6.07, 6.45) is 1.69. The summed E-state index contributed by atoms with van der Waals surface area (Å²) in [5, 5.41) is 3.61. The van der Waals surface area contributed by atoms with Crippen LogP contribution in [0.5, 0.6) is 11.5 Å². The van der Waals surface area contributed by atoms with Gasteiger partial charge in [-0.2, -0.15) is 0 Å². The van der Waals surface area contributed by atoms with Crippen molar-refractivity contribution in [3.8, 4) is 11.5 Å². The van der Waals surface area contributed by atoms with Crippen LogP contribution in [0.4, 0.5) is 0 Å². The molecule has 7 nitrogen and oxygen atoms in total. The highest BCUT2D eigenvalue weighted by atomic mass is 16.7. The minimum absolute atomic E-state index is 0.0591. The number of hydrogen-bond acceptors (Lipinski definition) is 5. The molecule has 0 spiro atoms. The maximum atomic E-state index is 12.0. The molecule has 0 atom stereocenters. The number of ether oxygens (including phenoxy) is 2. The Morgan fingerprint density at radius 2 is 1.82 bits per heavy atom. The highest BCUT2D eigenvalue weighted by molar-refractivity contribution is 5.95. The lowest BCUT2D eigenvalue weighted by atomic mass is 10.2. The Kier molecular flexibility index (Phi) is 4.92. The van der Waals surface area contributed by atoms with E-state index < -0.39 is 5.97 Å². The number of nitrogens with zero attached hydrogens (tertiary/aromatic N) is 1. The van der Waals surface area contributed by atoms with Crippen molar-refractivity contribution in [3.63, 3.8) is 0 Å². The van der Waals surface area contributed by atoms with Gasteiger partial charge in [0.1, 0.15) is 11.5 Å². The number of carbonyl (C=O) groups is 1. The molecule has 0 saturated carbocycles. The Morgan fingerprint density at radius 1 is 1.14 bits per heavy atom. The van der Waals surface area contributed by atoms with Gasteiger partial charge in [-0.3, -0.25) is 0 Å². The summed E-state index contributed by atoms with van der Waals surface area (Å²) in [6.45, 7) is 0. The second-order valence-corrected chi connectivity index (χ2v) is 4.23. The van der Waals surface area contributed by atoms with Gasteiger partial charge in [-0.1, -0.05) is 5.16 Å². The van der Waals surface area contributed by atoms with E-state index in [0.717, 1.165) is 0 Å². The Bertz CT molecular complexity index is 664. The smallest absolute Gasteiger partial charge is 0.366 e. The third kappa shape index (κ3) is 3.72. The van der Waals surface area contributed by atoms with E-state index >= 15 is 0 Å². The molecule has 0 radical (unpaired) electrons. The molecule has 2 aromatic rings. The molecule has 2 rings (SSSR count). The van der Waals surface area contributed by atoms with Gasteiger partial charge in [-0.25, -0.2) is 9.78 Å². The molecule has 3 N–H and O–H groups in total. The fourth-order valence-corrected chi connectivity index (χ4v) is 1.67. The first kappa shape index (κ1) is 15.3. The van der Waals surface area contributed by atoms with Gasteiger partial charge >= 0.3 is 5.97 Å². The van der Waals surface area contributed by atoms with Crippen LogP contribution in [0.25, 0.3) is 0 Å². The number of hydrogen-bond donors (Lipinski definition) is 1. The van der Waals surface area contributed by atoms with Gasteiger partial charge in [-0.05, 0) is 18.2 Å². The Balaban J connectivity index is 2.15. The fraction of sp³-hybridized carbons (Fsp3) is 0.133. The summed E-state index contributed by atoms with van der Waals surface area (Å²) >= 11 is 0. The summed E-state index contributed by atoms with van der Waals surface area (Å²) in [5.41, 5.74) is 6.51. The first-order chi connectivity index (χ1) is 10.6. The van der Waals surface area contributed by atoms with E-state index in [1.165, 1.54) is 26.4 Å². The number of benzene rings is 1. The Morgan fingerprint density at radius 3 is 2.36 bits per heavy atom. The van der Waals surface area contributed by atoms with Crippen molar-refractivity contribution in [2.75, 3.05) is 14.2 Å². The van der Waals surface area contributed by atoms with Crippen molar-refractivity contribution >= 4 is 11.8 Å². The first-order valence-electron chi connectivity index (χ1n) is 6.39. The number of oxime groups is 1. The second kappa shape index (κ2) is 7.07. The van der Waals surface area contributed by atoms with Crippen LogP contribution in [0.2, 0.25) is 0 Å². The lowest BCUT2D eigenvalue weighted by Gasteiger charge is -2.06. The minimum atomic E-state index is -0.670. The van der Waals surface area contributed by atoms with Gasteiger partial charge in [0.15, 0.2) is 6.20 Å². The van der Waals surface area contributed by atoms with Crippen molar-refractivity contribution in [2.45, 2.75) is 0 Å². The summed E-state index contributed by atoms with van der Waals surface area (Å²) in [6, 6.07) is 9.97. The van der Waals surface area contributed by atoms with E-state index in [1.54, 1.807) is 30.5 Å². The molecule has 22 heavy (non-hydrogen) atoms. The van der Waals surface area contributed by atoms with Gasteiger partial charge in [0, 0.05) is 18.2 Å². The molecule has 0 aliphatic carbocycles. The van der Waals surface area contributed by atoms with Crippen LogP contribution in [0.15, 0.2) is 47.8 Å². The lowest BCUT2D eigenvalue weighted by Crippen LogP contribution is -2.24. The number of aromatic amines is 1. The van der Waals surface area contributed by atoms with Crippen molar-refractivity contribution in [1.82, 2.24) is 0 Å². The molecule has 7 heteroatoms. The molecule has 0 fully saturated rings. The van der Waals surface area contributed by atoms with Crippen LogP contribution in [0, 0.1) is 0 Å². The van der Waals surface area contributed by atoms with E-state index in [4.69, 9.17) is 20.0 Å². The number of nitrogens with two attached hydrogens (primary N) is 1. The molecule has 0 aliphatic heterocycles. The van der Waals surface area contributed by atoms with Crippen molar-refractivity contribution < 1.29 is 24.1 Å². The summed E-state index contributed by atoms with van der Waals surface area (Å²) in [5.74, 6) is 0.333. The second-order valence-electron chi connectivity index (χ2n) is 4.23. The Hall–Kier alpha value is -3.09. The third-order valence-electron chi connectivity index (χ3n) is 2.80. The van der Waals surface area contributed by atoms with Crippen LogP contribution < -0.4 is 20.2 Å². The predicted molar refractivity (Wildman–Crippen MR) is 78.7 cm³/mol. The predicted octanol–water partition coefficient (Wildman–Crippen LogP) is 0.995. The van der Waals surface area contributed by atoms with E-state index in [9.17, 15) is 4.79 Å². The SMILES string of the molecule is COc1cc(OC)cc(C(=O)ON=C(N)c2cccc[nH+]2)c1. The number of H-pyrrole nitrogens is 1. The van der Waals surface area contributed by atoms with Crippen LogP contribution in [-0.4, -0.2) is 26.0 Å². The van der Waals surface area contributed by atoms with Gasteiger partial charge in [0.25, 0.3) is 0 Å². The quantitative estimate of drug-likeness (QED) is 0.384. The third-order valence-corrected chi connectivity index (χ3v) is 2.80. The Labute approximate surface area is 127 Å². The molecule has 114 valence electrons. The first-order valence-corrected chi connectivity index (χ1v) is 6.39. The highest BCUT2D eigenvalue weighted by Crippen LogP contribution is 2.22. The zero-order valence-corrected chi connectivity index (χ0v) is 12.2. The maximum Gasteiger partial charge on any atom is 0.366 e. The molecule has 0 amide bonds. The zero-order chi connectivity index (χ0) is 15.9. The molecular formula is C15H16N3O4+. The molecule has 1 aromatic heterocycles. The van der Waals surface area contributed by atoms with Gasteiger partial charge in [0.05, 0.1) is 19.8 Å². The summed E-state index contributed by atoms with van der Waals surface area (Å²) < 4.78 is 10.2. The van der Waals surface area contributed by atoms with Crippen LogP contribution in [-0.2, 0) is 4.84 Å². The van der Waals surface area contributed by atoms with Gasteiger partial charge in [0.2, 0.25) is 11.5 Å². The molecule has 1 aromatic carbocycles. The average molecular weight is 302 g/mol. The van der Waals surface area contributed by atoms with E-state index in [-0.39, 0.29) is 11.4 Å². The van der Waals surface area contributed by atoms with E-state index in [0.29, 0.717) is 17.2 Å². The van der Waals surface area contributed by atoms with Crippen molar-refractivity contribution in [2.24, 2.45) is 10.9 Å². The highest BCUT2D eigenvalue weighted by Gasteiger charge is 2.13. The topological polar surface area (TPSA) is 97.3 Å². The van der Waals surface area contributed by atoms with Crippen molar-refractivity contribution in [1.29, 1.82) is 0 Å². The molecule has 0 aliphatic rings. The number of pyridine rings is 1. The summed E-state index contributed by atoms with van der Waals surface area (Å²) in [4.78, 5) is 19.7. The minimum Gasteiger partial charge on any atom is -0.497 e. The standard InChI is InChI=1S/C15H15N3O4/c1-20-11-7-10(8-12(9-11)21-2)15(19)22-18-14(16)13-5-3-4-6-17-13/h3-9H,1-2H3,(H2,16,18)/p+1. The van der Waals surface area contributed by atoms with E-state index in [1.807, 2.05) is 0 Å². The molecule has 0 unspecified atom stereocenters. The largest absolute Gasteiger partial charge is 0.497 e. The van der Waals surface area contributed by atoms with Gasteiger partial charge < -0.3 is 20.0 Å². The van der Waals surface area contributed by atoms with Crippen molar-refractivity contribution in [3.05, 3.63) is 53.9 Å². The molecule has 0 bridgehead atoms. The summed E-state index contributed by atoms with van der Waals surface area (Å²) in [7, 11) is 2.98.